The molecule has 3 heteroatoms. The van der Waals surface area contributed by atoms with E-state index in [2.05, 4.69) is 53.0 Å². The van der Waals surface area contributed by atoms with E-state index in [9.17, 15) is 0 Å². The molecule has 1 aromatic heterocycles. The lowest BCUT2D eigenvalue weighted by Gasteiger charge is -2.27. The molecule has 0 radical (unpaired) electrons. The van der Waals surface area contributed by atoms with Gasteiger partial charge in [-0.15, -0.1) is 0 Å². The lowest BCUT2D eigenvalue weighted by molar-refractivity contribution is 0.488. The first-order valence-electron chi connectivity index (χ1n) is 5.93. The Hall–Kier alpha value is -1.19. The van der Waals surface area contributed by atoms with Gasteiger partial charge in [0.25, 0.3) is 0 Å². The van der Waals surface area contributed by atoms with Gasteiger partial charge < -0.3 is 5.73 Å². The topological polar surface area (TPSA) is 38.9 Å². The van der Waals surface area contributed by atoms with Gasteiger partial charge in [-0.2, -0.15) is 0 Å². The maximum Gasteiger partial charge on any atom is 0.0425 e. The number of hydrogen-bond acceptors (Lipinski definition) is 2. The number of halogens is 1. The summed E-state index contributed by atoms with van der Waals surface area (Å²) in [4.78, 5) is 4.18. The van der Waals surface area contributed by atoms with Crippen LogP contribution in [0.1, 0.15) is 23.6 Å². The Balaban J connectivity index is 2.30. The van der Waals surface area contributed by atoms with Gasteiger partial charge in [0.05, 0.1) is 0 Å². The number of aryl methyl sites for hydroxylation is 1. The fraction of sp³-hybridized carbons (Fsp3) is 0.267. The lowest BCUT2D eigenvalue weighted by atomic mass is 9.84. The summed E-state index contributed by atoms with van der Waals surface area (Å²) in [5.41, 5.74) is 9.65. The van der Waals surface area contributed by atoms with Gasteiger partial charge in [0.1, 0.15) is 0 Å². The molecule has 2 nitrogen and oxygen atoms in total. The van der Waals surface area contributed by atoms with Gasteiger partial charge in [0.15, 0.2) is 0 Å². The van der Waals surface area contributed by atoms with E-state index in [-0.39, 0.29) is 5.54 Å². The van der Waals surface area contributed by atoms with Crippen LogP contribution in [0, 0.1) is 6.92 Å². The first kappa shape index (κ1) is 13.2. The molecule has 0 amide bonds. The Morgan fingerprint density at radius 3 is 2.67 bits per heavy atom. The molecule has 1 aromatic carbocycles. The van der Waals surface area contributed by atoms with E-state index < -0.39 is 0 Å². The third-order valence-corrected chi connectivity index (χ3v) is 3.53. The van der Waals surface area contributed by atoms with E-state index in [0.29, 0.717) is 0 Å². The summed E-state index contributed by atoms with van der Waals surface area (Å²) >= 11 is 3.44. The molecule has 1 unspecified atom stereocenters. The quantitative estimate of drug-likeness (QED) is 0.941. The highest BCUT2D eigenvalue weighted by molar-refractivity contribution is 9.10. The lowest BCUT2D eigenvalue weighted by Crippen LogP contribution is -2.36. The van der Waals surface area contributed by atoms with Crippen molar-refractivity contribution in [2.75, 3.05) is 0 Å². The molecule has 0 fully saturated rings. The predicted molar refractivity (Wildman–Crippen MR) is 78.4 cm³/mol. The van der Waals surface area contributed by atoms with Crippen molar-refractivity contribution < 1.29 is 0 Å². The summed E-state index contributed by atoms with van der Waals surface area (Å²) in [6.07, 6.45) is 4.42. The highest BCUT2D eigenvalue weighted by atomic mass is 79.9. The second kappa shape index (κ2) is 5.21. The molecule has 0 aliphatic heterocycles. The minimum absolute atomic E-state index is 0.381. The molecule has 94 valence electrons. The Morgan fingerprint density at radius 2 is 2.00 bits per heavy atom. The summed E-state index contributed by atoms with van der Waals surface area (Å²) in [7, 11) is 0. The molecule has 0 bridgehead atoms. The van der Waals surface area contributed by atoms with Gasteiger partial charge in [-0.1, -0.05) is 24.3 Å². The SMILES string of the molecule is Cc1ccccc1C(C)(N)Cc1cncc(Br)c1. The van der Waals surface area contributed by atoms with Crippen molar-refractivity contribution in [2.45, 2.75) is 25.8 Å². The molecule has 18 heavy (non-hydrogen) atoms. The maximum absolute atomic E-state index is 6.48. The molecule has 1 atom stereocenters. The zero-order valence-corrected chi connectivity index (χ0v) is 12.2. The first-order chi connectivity index (χ1) is 8.49. The van der Waals surface area contributed by atoms with Gasteiger partial charge in [-0.25, -0.2) is 0 Å². The number of nitrogens with zero attached hydrogens (tertiary/aromatic N) is 1. The zero-order chi connectivity index (χ0) is 13.2. The predicted octanol–water partition coefficient (Wildman–Crippen LogP) is 3.57. The van der Waals surface area contributed by atoms with Gasteiger partial charge in [-0.3, -0.25) is 4.98 Å². The summed E-state index contributed by atoms with van der Waals surface area (Å²) in [5, 5.41) is 0. The average Bonchev–Trinajstić information content (AvgIpc) is 2.28. The second-order valence-electron chi connectivity index (χ2n) is 4.92. The number of hydrogen-bond donors (Lipinski definition) is 1. The molecule has 0 saturated carbocycles. The van der Waals surface area contributed by atoms with Crippen LogP contribution in [0.5, 0.6) is 0 Å². The summed E-state index contributed by atoms with van der Waals surface area (Å²) in [5.74, 6) is 0. The largest absolute Gasteiger partial charge is 0.321 e. The zero-order valence-electron chi connectivity index (χ0n) is 10.7. The summed E-state index contributed by atoms with van der Waals surface area (Å²) in [6, 6.07) is 10.3. The fourth-order valence-corrected chi connectivity index (χ4v) is 2.70. The smallest absolute Gasteiger partial charge is 0.0425 e. The molecule has 0 aliphatic rings. The van der Waals surface area contributed by atoms with Crippen LogP contribution in [0.3, 0.4) is 0 Å². The molecule has 0 saturated heterocycles. The summed E-state index contributed by atoms with van der Waals surface area (Å²) < 4.78 is 0.987. The molecule has 2 aromatic rings. The van der Waals surface area contributed by atoms with Crippen molar-refractivity contribution in [3.8, 4) is 0 Å². The standard InChI is InChI=1S/C15H17BrN2/c1-11-5-3-4-6-14(11)15(2,17)8-12-7-13(16)10-18-9-12/h3-7,9-10H,8,17H2,1-2H3. The van der Waals surface area contributed by atoms with Gasteiger partial charge in [-0.05, 0) is 59.0 Å². The van der Waals surface area contributed by atoms with Crippen LogP contribution >= 0.6 is 15.9 Å². The number of aromatic nitrogens is 1. The molecule has 2 rings (SSSR count). The number of pyridine rings is 1. The van der Waals surface area contributed by atoms with E-state index in [1.807, 2.05) is 18.3 Å². The third kappa shape index (κ3) is 2.98. The minimum Gasteiger partial charge on any atom is -0.321 e. The van der Waals surface area contributed by atoms with E-state index in [4.69, 9.17) is 5.73 Å². The van der Waals surface area contributed by atoms with Crippen molar-refractivity contribution in [1.29, 1.82) is 0 Å². The van der Waals surface area contributed by atoms with Gasteiger partial charge >= 0.3 is 0 Å². The average molecular weight is 305 g/mol. The Morgan fingerprint density at radius 1 is 1.28 bits per heavy atom. The molecule has 0 spiro atoms. The highest BCUT2D eigenvalue weighted by Crippen LogP contribution is 2.26. The number of benzene rings is 1. The van der Waals surface area contributed by atoms with E-state index in [1.165, 1.54) is 11.1 Å². The number of rotatable bonds is 3. The van der Waals surface area contributed by atoms with Crippen LogP contribution in [0.4, 0.5) is 0 Å². The Kier molecular flexibility index (Phi) is 3.83. The van der Waals surface area contributed by atoms with Crippen molar-refractivity contribution in [3.63, 3.8) is 0 Å². The molecule has 0 aliphatic carbocycles. The van der Waals surface area contributed by atoms with Crippen molar-refractivity contribution >= 4 is 15.9 Å². The highest BCUT2D eigenvalue weighted by Gasteiger charge is 2.23. The molecular formula is C15H17BrN2. The van der Waals surface area contributed by atoms with Crippen LogP contribution < -0.4 is 5.73 Å². The molecule has 1 heterocycles. The third-order valence-electron chi connectivity index (χ3n) is 3.09. The Labute approximate surface area is 116 Å². The second-order valence-corrected chi connectivity index (χ2v) is 5.84. The van der Waals surface area contributed by atoms with E-state index in [1.54, 1.807) is 6.20 Å². The van der Waals surface area contributed by atoms with Crippen LogP contribution in [0.25, 0.3) is 0 Å². The van der Waals surface area contributed by atoms with Gasteiger partial charge in [0, 0.05) is 22.4 Å². The van der Waals surface area contributed by atoms with Crippen molar-refractivity contribution in [1.82, 2.24) is 4.98 Å². The van der Waals surface area contributed by atoms with Crippen LogP contribution in [0.2, 0.25) is 0 Å². The maximum atomic E-state index is 6.48. The van der Waals surface area contributed by atoms with Crippen molar-refractivity contribution in [3.05, 3.63) is 63.9 Å². The summed E-state index contributed by atoms with van der Waals surface area (Å²) in [6.45, 7) is 4.16. The van der Waals surface area contributed by atoms with Crippen LogP contribution in [-0.4, -0.2) is 4.98 Å². The van der Waals surface area contributed by atoms with Gasteiger partial charge in [0.2, 0.25) is 0 Å². The van der Waals surface area contributed by atoms with Crippen LogP contribution in [0.15, 0.2) is 47.2 Å². The van der Waals surface area contributed by atoms with Crippen molar-refractivity contribution in [2.24, 2.45) is 5.73 Å². The molecular weight excluding hydrogens is 288 g/mol. The normalized spacial score (nSPS) is 14.2. The minimum atomic E-state index is -0.381. The first-order valence-corrected chi connectivity index (χ1v) is 6.73. The number of nitrogens with two attached hydrogens (primary N) is 1. The Bertz CT molecular complexity index is 550. The monoisotopic (exact) mass is 304 g/mol. The van der Waals surface area contributed by atoms with Crippen LogP contribution in [-0.2, 0) is 12.0 Å². The molecule has 2 N–H and O–H groups in total. The van der Waals surface area contributed by atoms with E-state index >= 15 is 0 Å². The van der Waals surface area contributed by atoms with E-state index in [0.717, 1.165) is 16.5 Å². The fourth-order valence-electron chi connectivity index (χ4n) is 2.29.